The van der Waals surface area contributed by atoms with E-state index in [2.05, 4.69) is 20.2 Å². The van der Waals surface area contributed by atoms with Gasteiger partial charge >= 0.3 is 12.2 Å². The Hall–Kier alpha value is -2.85. The molecule has 1 fully saturated rings. The molecule has 0 spiro atoms. The van der Waals surface area contributed by atoms with Gasteiger partial charge in [0.1, 0.15) is 6.10 Å². The monoisotopic (exact) mass is 331 g/mol. The maximum atomic E-state index is 11.6. The van der Waals surface area contributed by atoms with Crippen LogP contribution in [0.2, 0.25) is 0 Å². The molecule has 1 heterocycles. The first kappa shape index (κ1) is 18.2. The zero-order valence-corrected chi connectivity index (χ0v) is 12.6. The van der Waals surface area contributed by atoms with Gasteiger partial charge in [0.2, 0.25) is 5.91 Å². The van der Waals surface area contributed by atoms with Crippen LogP contribution in [0.5, 0.6) is 0 Å². The predicted octanol–water partition coefficient (Wildman–Crippen LogP) is -0.936. The molecule has 0 aliphatic carbocycles. The third-order valence-corrected chi connectivity index (χ3v) is 2.67. The summed E-state index contributed by atoms with van der Waals surface area (Å²) in [5.41, 5.74) is 0. The first-order valence-electron chi connectivity index (χ1n) is 6.64. The van der Waals surface area contributed by atoms with Crippen molar-refractivity contribution in [3.63, 3.8) is 0 Å². The minimum atomic E-state index is -1.31. The van der Waals surface area contributed by atoms with Gasteiger partial charge in [-0.1, -0.05) is 5.06 Å². The van der Waals surface area contributed by atoms with Gasteiger partial charge in [0.25, 0.3) is 11.8 Å². The molecule has 11 heteroatoms. The number of hydrogen-bond donors (Lipinski definition) is 2. The van der Waals surface area contributed by atoms with Gasteiger partial charge in [-0.05, 0) is 0 Å². The van der Waals surface area contributed by atoms with E-state index in [1.54, 1.807) is 0 Å². The molecule has 1 rings (SSSR count). The number of nitrogens with zero attached hydrogens (tertiary/aromatic N) is 1. The van der Waals surface area contributed by atoms with Crippen molar-refractivity contribution in [2.24, 2.45) is 0 Å². The van der Waals surface area contributed by atoms with Crippen LogP contribution in [0.1, 0.15) is 19.8 Å². The van der Waals surface area contributed by atoms with E-state index in [1.165, 1.54) is 6.92 Å². The smallest absolute Gasteiger partial charge is 0.453 e. The highest BCUT2D eigenvalue weighted by Gasteiger charge is 2.34. The van der Waals surface area contributed by atoms with Gasteiger partial charge in [0, 0.05) is 19.8 Å². The normalized spacial score (nSPS) is 15.0. The number of rotatable bonds is 6. The Bertz CT molecular complexity index is 491. The number of hydroxylamine groups is 2. The summed E-state index contributed by atoms with van der Waals surface area (Å²) in [6.45, 7) is 0.963. The first-order chi connectivity index (χ1) is 10.8. The Kier molecular flexibility index (Phi) is 6.77. The molecule has 1 atom stereocenters. The Morgan fingerprint density at radius 2 is 1.70 bits per heavy atom. The van der Waals surface area contributed by atoms with Crippen molar-refractivity contribution in [2.45, 2.75) is 25.9 Å². The molecule has 0 aromatic carbocycles. The number of alkyl carbamates (subject to hydrolysis) is 1. The lowest BCUT2D eigenvalue weighted by Crippen LogP contribution is -2.43. The highest BCUT2D eigenvalue weighted by Crippen LogP contribution is 2.12. The summed E-state index contributed by atoms with van der Waals surface area (Å²) < 4.78 is 9.22. The SMILES string of the molecule is COC(=O)NCC(CNC(C)=O)OC(=O)ON1C(=O)CCC1=O. The van der Waals surface area contributed by atoms with E-state index in [9.17, 15) is 24.0 Å². The second kappa shape index (κ2) is 8.56. The lowest BCUT2D eigenvalue weighted by molar-refractivity contribution is -0.178. The molecule has 0 aromatic rings. The van der Waals surface area contributed by atoms with Crippen molar-refractivity contribution in [1.82, 2.24) is 15.7 Å². The zero-order valence-electron chi connectivity index (χ0n) is 12.6. The molecule has 1 aliphatic rings. The highest BCUT2D eigenvalue weighted by atomic mass is 16.8. The lowest BCUT2D eigenvalue weighted by atomic mass is 10.3. The molecule has 23 heavy (non-hydrogen) atoms. The third kappa shape index (κ3) is 6.20. The quantitative estimate of drug-likeness (QED) is 0.469. The van der Waals surface area contributed by atoms with Crippen LogP contribution >= 0.6 is 0 Å². The Balaban J connectivity index is 2.54. The van der Waals surface area contributed by atoms with Crippen LogP contribution < -0.4 is 10.6 Å². The van der Waals surface area contributed by atoms with E-state index >= 15 is 0 Å². The second-order valence-electron chi connectivity index (χ2n) is 4.47. The molecule has 0 saturated carbocycles. The van der Waals surface area contributed by atoms with Gasteiger partial charge in [-0.25, -0.2) is 9.59 Å². The number of nitrogens with one attached hydrogen (secondary N) is 2. The Labute approximate surface area is 131 Å². The second-order valence-corrected chi connectivity index (χ2v) is 4.47. The number of methoxy groups -OCH3 is 1. The number of carbonyl (C=O) groups is 5. The predicted molar refractivity (Wildman–Crippen MR) is 71.5 cm³/mol. The molecule has 0 radical (unpaired) electrons. The topological polar surface area (TPSA) is 140 Å². The van der Waals surface area contributed by atoms with Crippen LogP contribution in [0, 0.1) is 0 Å². The van der Waals surface area contributed by atoms with Crippen molar-refractivity contribution >= 4 is 30.0 Å². The molecule has 2 N–H and O–H groups in total. The number of hydrogen-bond acceptors (Lipinski definition) is 8. The van der Waals surface area contributed by atoms with Crippen LogP contribution in [0.4, 0.5) is 9.59 Å². The Morgan fingerprint density at radius 3 is 2.22 bits per heavy atom. The minimum absolute atomic E-state index is 0.0503. The average molecular weight is 331 g/mol. The molecule has 128 valence electrons. The van der Waals surface area contributed by atoms with Crippen molar-refractivity contribution in [3.05, 3.63) is 0 Å². The van der Waals surface area contributed by atoms with Gasteiger partial charge in [-0.15, -0.1) is 0 Å². The summed E-state index contributed by atoms with van der Waals surface area (Å²) in [6, 6.07) is 0. The molecule has 11 nitrogen and oxygen atoms in total. The van der Waals surface area contributed by atoms with Crippen molar-refractivity contribution < 1.29 is 38.3 Å². The Morgan fingerprint density at radius 1 is 1.13 bits per heavy atom. The van der Waals surface area contributed by atoms with E-state index < -0.39 is 30.2 Å². The summed E-state index contributed by atoms with van der Waals surface area (Å²) in [7, 11) is 1.15. The summed E-state index contributed by atoms with van der Waals surface area (Å²) in [4.78, 5) is 60.7. The fraction of sp³-hybridized carbons (Fsp3) is 0.583. The summed E-state index contributed by atoms with van der Waals surface area (Å²) >= 11 is 0. The highest BCUT2D eigenvalue weighted by molar-refractivity contribution is 6.01. The molecule has 4 amide bonds. The van der Waals surface area contributed by atoms with Gasteiger partial charge in [0.05, 0.1) is 20.2 Å². The fourth-order valence-electron chi connectivity index (χ4n) is 1.57. The van der Waals surface area contributed by atoms with Gasteiger partial charge in [-0.2, -0.15) is 0 Å². The summed E-state index contributed by atoms with van der Waals surface area (Å²) in [5.74, 6) is -1.69. The van der Waals surface area contributed by atoms with Crippen LogP contribution in [0.15, 0.2) is 0 Å². The number of carbonyl (C=O) groups excluding carboxylic acids is 5. The van der Waals surface area contributed by atoms with Gasteiger partial charge in [0.15, 0.2) is 0 Å². The number of ether oxygens (including phenoxy) is 2. The van der Waals surface area contributed by atoms with E-state index in [0.29, 0.717) is 5.06 Å². The average Bonchev–Trinajstić information content (AvgIpc) is 2.81. The minimum Gasteiger partial charge on any atom is -0.453 e. The number of amides is 4. The first-order valence-corrected chi connectivity index (χ1v) is 6.64. The van der Waals surface area contributed by atoms with E-state index in [-0.39, 0.29) is 31.8 Å². The van der Waals surface area contributed by atoms with Gasteiger partial charge in [-0.3, -0.25) is 19.2 Å². The number of imide groups is 1. The molecule has 1 saturated heterocycles. The molecule has 0 aromatic heterocycles. The molecular weight excluding hydrogens is 314 g/mol. The van der Waals surface area contributed by atoms with Crippen LogP contribution in [-0.4, -0.2) is 61.3 Å². The van der Waals surface area contributed by atoms with Crippen molar-refractivity contribution in [3.8, 4) is 0 Å². The van der Waals surface area contributed by atoms with Crippen LogP contribution in [0.3, 0.4) is 0 Å². The lowest BCUT2D eigenvalue weighted by Gasteiger charge is -2.19. The van der Waals surface area contributed by atoms with Crippen LogP contribution in [-0.2, 0) is 28.7 Å². The molecular formula is C12H17N3O8. The largest absolute Gasteiger partial charge is 0.534 e. The van der Waals surface area contributed by atoms with E-state index in [1.807, 2.05) is 0 Å². The van der Waals surface area contributed by atoms with Crippen molar-refractivity contribution in [1.29, 1.82) is 0 Å². The van der Waals surface area contributed by atoms with Crippen molar-refractivity contribution in [2.75, 3.05) is 20.2 Å². The fourth-order valence-corrected chi connectivity index (χ4v) is 1.57. The molecule has 0 bridgehead atoms. The maximum absolute atomic E-state index is 11.6. The van der Waals surface area contributed by atoms with E-state index in [4.69, 9.17) is 4.74 Å². The maximum Gasteiger partial charge on any atom is 0.534 e. The summed E-state index contributed by atoms with van der Waals surface area (Å²) in [6.07, 6.45) is -3.16. The summed E-state index contributed by atoms with van der Waals surface area (Å²) in [5, 5.41) is 5.00. The van der Waals surface area contributed by atoms with Crippen LogP contribution in [0.25, 0.3) is 0 Å². The molecule has 1 unspecified atom stereocenters. The molecule has 1 aliphatic heterocycles. The zero-order chi connectivity index (χ0) is 17.4. The standard InChI is InChI=1S/C12H17N3O8/c1-7(16)13-5-8(6-14-11(19)21-2)22-12(20)23-15-9(17)3-4-10(15)18/h8H,3-6H2,1-2H3,(H,13,16)(H,14,19). The third-order valence-electron chi connectivity index (χ3n) is 2.67. The van der Waals surface area contributed by atoms with Gasteiger partial charge < -0.3 is 20.1 Å². The van der Waals surface area contributed by atoms with E-state index in [0.717, 1.165) is 7.11 Å².